The van der Waals surface area contributed by atoms with E-state index in [1.807, 2.05) is 0 Å². The van der Waals surface area contributed by atoms with Crippen molar-refractivity contribution in [2.75, 3.05) is 26.9 Å². The Kier molecular flexibility index (Phi) is 4.31. The second-order valence-corrected chi connectivity index (χ2v) is 6.94. The summed E-state index contributed by atoms with van der Waals surface area (Å²) in [6.07, 6.45) is 2.92. The molecule has 2 fully saturated rings. The van der Waals surface area contributed by atoms with Gasteiger partial charge in [-0.15, -0.1) is 0 Å². The molecule has 0 radical (unpaired) electrons. The first kappa shape index (κ1) is 15.3. The van der Waals surface area contributed by atoms with Gasteiger partial charge in [0.05, 0.1) is 17.8 Å². The largest absolute Gasteiger partial charge is 0.458 e. The maximum absolute atomic E-state index is 6.12. The van der Waals surface area contributed by atoms with Gasteiger partial charge >= 0.3 is 7.12 Å². The number of ether oxygens (including phenoxy) is 2. The van der Waals surface area contributed by atoms with E-state index in [1.165, 1.54) is 0 Å². The summed E-state index contributed by atoms with van der Waals surface area (Å²) in [4.78, 5) is 0. The third-order valence-electron chi connectivity index (χ3n) is 4.91. The van der Waals surface area contributed by atoms with E-state index in [2.05, 4.69) is 27.7 Å². The Morgan fingerprint density at radius 1 is 1.00 bits per heavy atom. The van der Waals surface area contributed by atoms with Crippen molar-refractivity contribution in [3.8, 4) is 0 Å². The molecule has 110 valence electrons. The van der Waals surface area contributed by atoms with Gasteiger partial charge in [0.2, 0.25) is 0 Å². The molecule has 0 unspecified atom stereocenters. The summed E-state index contributed by atoms with van der Waals surface area (Å²) in [5.41, 5.74) is -0.373. The first-order valence-corrected chi connectivity index (χ1v) is 7.23. The van der Waals surface area contributed by atoms with Gasteiger partial charge in [0.15, 0.2) is 0 Å². The molecular formula is C14H27BO4. The van der Waals surface area contributed by atoms with Crippen LogP contribution in [0.25, 0.3) is 0 Å². The summed E-state index contributed by atoms with van der Waals surface area (Å²) in [6, 6.07) is 0. The minimum absolute atomic E-state index is 0.133. The van der Waals surface area contributed by atoms with Crippen LogP contribution in [-0.2, 0) is 18.8 Å². The topological polar surface area (TPSA) is 36.9 Å². The van der Waals surface area contributed by atoms with Crippen molar-refractivity contribution in [1.29, 1.82) is 0 Å². The minimum atomic E-state index is -0.253. The Bertz CT molecular complexity index is 289. The average Bonchev–Trinajstić information content (AvgIpc) is 2.47. The number of hydrogen-bond acceptors (Lipinski definition) is 4. The lowest BCUT2D eigenvalue weighted by Crippen LogP contribution is -2.41. The van der Waals surface area contributed by atoms with Gasteiger partial charge in [-0.1, -0.05) is 0 Å². The van der Waals surface area contributed by atoms with E-state index in [4.69, 9.17) is 18.8 Å². The highest BCUT2D eigenvalue weighted by Gasteiger charge is 2.53. The number of methoxy groups -OCH3 is 1. The fraction of sp³-hybridized carbons (Fsp3) is 1.00. The van der Waals surface area contributed by atoms with Crippen LogP contribution in [-0.4, -0.2) is 45.3 Å². The van der Waals surface area contributed by atoms with Crippen LogP contribution in [0, 0.1) is 5.41 Å². The lowest BCUT2D eigenvalue weighted by Gasteiger charge is -2.37. The minimum Gasteiger partial charge on any atom is -0.403 e. The van der Waals surface area contributed by atoms with Crippen molar-refractivity contribution in [3.63, 3.8) is 0 Å². The van der Waals surface area contributed by atoms with E-state index in [0.29, 0.717) is 0 Å². The molecule has 2 aliphatic rings. The monoisotopic (exact) mass is 270 g/mol. The maximum atomic E-state index is 6.12. The molecule has 0 bridgehead atoms. The Hall–Kier alpha value is -0.0951. The molecule has 0 aromatic carbocycles. The lowest BCUT2D eigenvalue weighted by atomic mass is 9.64. The van der Waals surface area contributed by atoms with E-state index in [1.54, 1.807) is 7.11 Å². The molecule has 19 heavy (non-hydrogen) atoms. The fourth-order valence-corrected chi connectivity index (χ4v) is 2.92. The average molecular weight is 270 g/mol. The van der Waals surface area contributed by atoms with E-state index < -0.39 is 0 Å². The maximum Gasteiger partial charge on any atom is 0.458 e. The predicted octanol–water partition coefficient (Wildman–Crippen LogP) is 2.52. The third-order valence-corrected chi connectivity index (χ3v) is 4.91. The molecule has 2 rings (SSSR count). The van der Waals surface area contributed by atoms with Gasteiger partial charge in [-0.3, -0.25) is 0 Å². The molecule has 2 aliphatic heterocycles. The quantitative estimate of drug-likeness (QED) is 0.735. The van der Waals surface area contributed by atoms with Crippen molar-refractivity contribution in [3.05, 3.63) is 0 Å². The highest BCUT2D eigenvalue weighted by molar-refractivity contribution is 6.45. The number of hydrogen-bond donors (Lipinski definition) is 0. The molecule has 0 aliphatic carbocycles. The van der Waals surface area contributed by atoms with Crippen LogP contribution in [0.3, 0.4) is 0 Å². The van der Waals surface area contributed by atoms with Gasteiger partial charge in [0.1, 0.15) is 0 Å². The second kappa shape index (κ2) is 5.36. The highest BCUT2D eigenvalue weighted by Crippen LogP contribution is 2.43. The van der Waals surface area contributed by atoms with Gasteiger partial charge in [-0.25, -0.2) is 0 Å². The van der Waals surface area contributed by atoms with Crippen LogP contribution >= 0.6 is 0 Å². The summed E-state index contributed by atoms with van der Waals surface area (Å²) in [6.45, 7) is 10.8. The Morgan fingerprint density at radius 2 is 1.53 bits per heavy atom. The van der Waals surface area contributed by atoms with Crippen molar-refractivity contribution < 1.29 is 18.8 Å². The zero-order chi connectivity index (χ0) is 14.1. The van der Waals surface area contributed by atoms with Crippen molar-refractivity contribution in [1.82, 2.24) is 0 Å². The molecule has 0 aromatic heterocycles. The molecule has 0 spiro atoms. The molecular weight excluding hydrogens is 243 g/mol. The van der Waals surface area contributed by atoms with Crippen molar-refractivity contribution in [2.45, 2.75) is 58.1 Å². The second-order valence-electron chi connectivity index (χ2n) is 6.94. The van der Waals surface area contributed by atoms with Crippen LogP contribution in [0.1, 0.15) is 40.5 Å². The van der Waals surface area contributed by atoms with Crippen LogP contribution in [0.2, 0.25) is 6.32 Å². The van der Waals surface area contributed by atoms with Gasteiger partial charge in [-0.2, -0.15) is 0 Å². The van der Waals surface area contributed by atoms with Crippen LogP contribution < -0.4 is 0 Å². The molecule has 2 heterocycles. The molecule has 4 nitrogen and oxygen atoms in total. The molecule has 5 heteroatoms. The van der Waals surface area contributed by atoms with Gasteiger partial charge in [0, 0.05) is 20.3 Å². The van der Waals surface area contributed by atoms with Crippen molar-refractivity contribution in [2.24, 2.45) is 5.41 Å². The molecule has 2 saturated heterocycles. The van der Waals surface area contributed by atoms with E-state index in [0.717, 1.165) is 39.0 Å². The van der Waals surface area contributed by atoms with Gasteiger partial charge < -0.3 is 18.8 Å². The van der Waals surface area contributed by atoms with Crippen molar-refractivity contribution >= 4 is 7.12 Å². The van der Waals surface area contributed by atoms with E-state index in [-0.39, 0.29) is 23.7 Å². The summed E-state index contributed by atoms with van der Waals surface area (Å²) in [5.74, 6) is 0. The molecule has 0 aromatic rings. The summed E-state index contributed by atoms with van der Waals surface area (Å²) in [7, 11) is 1.62. The van der Waals surface area contributed by atoms with Crippen LogP contribution in [0.5, 0.6) is 0 Å². The molecule has 0 saturated carbocycles. The molecule has 0 atom stereocenters. The third kappa shape index (κ3) is 3.15. The predicted molar refractivity (Wildman–Crippen MR) is 75.3 cm³/mol. The summed E-state index contributed by atoms with van der Waals surface area (Å²) in [5, 5.41) is 0. The summed E-state index contributed by atoms with van der Waals surface area (Å²) < 4.78 is 23.2. The SMILES string of the molecule is COCC1(CB2OC(C)(C)C(C)(C)O2)CCOCC1. The van der Waals surface area contributed by atoms with Crippen LogP contribution in [0.15, 0.2) is 0 Å². The lowest BCUT2D eigenvalue weighted by molar-refractivity contribution is -0.0206. The Labute approximate surface area is 117 Å². The first-order chi connectivity index (χ1) is 8.80. The zero-order valence-electron chi connectivity index (χ0n) is 13.0. The standard InChI is InChI=1S/C14H27BO4/c1-12(2)13(3,4)19-15(18-12)10-14(11-16-5)6-8-17-9-7-14/h6-11H2,1-5H3. The smallest absolute Gasteiger partial charge is 0.403 e. The first-order valence-electron chi connectivity index (χ1n) is 7.23. The van der Waals surface area contributed by atoms with E-state index >= 15 is 0 Å². The molecule has 0 amide bonds. The van der Waals surface area contributed by atoms with E-state index in [9.17, 15) is 0 Å². The zero-order valence-corrected chi connectivity index (χ0v) is 13.0. The van der Waals surface area contributed by atoms with Gasteiger partial charge in [0.25, 0.3) is 0 Å². The molecule has 0 N–H and O–H groups in total. The fourth-order valence-electron chi connectivity index (χ4n) is 2.92. The number of rotatable bonds is 4. The highest BCUT2D eigenvalue weighted by atomic mass is 16.7. The summed E-state index contributed by atoms with van der Waals surface area (Å²) >= 11 is 0. The van der Waals surface area contributed by atoms with Crippen LogP contribution in [0.4, 0.5) is 0 Å². The Balaban J connectivity index is 2.03. The Morgan fingerprint density at radius 3 is 2.00 bits per heavy atom. The van der Waals surface area contributed by atoms with Gasteiger partial charge in [-0.05, 0) is 52.3 Å². The normalized spacial score (nSPS) is 28.6.